The van der Waals surface area contributed by atoms with Crippen LogP contribution in [0.2, 0.25) is 5.02 Å². The lowest BCUT2D eigenvalue weighted by atomic mass is 10.1. The van der Waals surface area contributed by atoms with Crippen LogP contribution >= 0.6 is 23.4 Å². The SMILES string of the molecule is CCC(=O)Nc1ccc(C)cc1-c1nnc(SC(C)C(=O)Nc2ccccc2Cl)[nH]c1=O. The topological polar surface area (TPSA) is 117 Å². The summed E-state index contributed by atoms with van der Waals surface area (Å²) in [5, 5.41) is 13.7. The normalized spacial score (nSPS) is 11.6. The number of hydrogen-bond acceptors (Lipinski definition) is 6. The van der Waals surface area contributed by atoms with Gasteiger partial charge in [-0.25, -0.2) is 0 Å². The minimum absolute atomic E-state index is 0.0811. The zero-order valence-corrected chi connectivity index (χ0v) is 19.3. The van der Waals surface area contributed by atoms with E-state index in [0.29, 0.717) is 28.4 Å². The van der Waals surface area contributed by atoms with E-state index in [-0.39, 0.29) is 22.7 Å². The number of carbonyl (C=O) groups is 2. The van der Waals surface area contributed by atoms with Crippen LogP contribution in [0.15, 0.2) is 52.4 Å². The van der Waals surface area contributed by atoms with Crippen molar-refractivity contribution >= 4 is 46.6 Å². The zero-order chi connectivity index (χ0) is 23.3. The first-order valence-electron chi connectivity index (χ1n) is 9.88. The van der Waals surface area contributed by atoms with Gasteiger partial charge in [0.05, 0.1) is 21.6 Å². The van der Waals surface area contributed by atoms with Crippen molar-refractivity contribution in [1.82, 2.24) is 15.2 Å². The number of para-hydroxylation sites is 1. The van der Waals surface area contributed by atoms with E-state index in [2.05, 4.69) is 25.8 Å². The molecule has 2 aromatic carbocycles. The number of thioether (sulfide) groups is 1. The molecular formula is C22H22ClN5O3S. The maximum atomic E-state index is 12.7. The van der Waals surface area contributed by atoms with E-state index in [1.165, 1.54) is 0 Å². The highest BCUT2D eigenvalue weighted by molar-refractivity contribution is 8.00. The molecule has 1 heterocycles. The van der Waals surface area contributed by atoms with Gasteiger partial charge in [0.15, 0.2) is 10.9 Å². The summed E-state index contributed by atoms with van der Waals surface area (Å²) in [5.41, 5.74) is 1.97. The summed E-state index contributed by atoms with van der Waals surface area (Å²) < 4.78 is 0. The van der Waals surface area contributed by atoms with Crippen LogP contribution in [-0.4, -0.2) is 32.2 Å². The Morgan fingerprint density at radius 1 is 1.12 bits per heavy atom. The summed E-state index contributed by atoms with van der Waals surface area (Å²) in [4.78, 5) is 39.7. The van der Waals surface area contributed by atoms with Crippen molar-refractivity contribution in [3.8, 4) is 11.3 Å². The highest BCUT2D eigenvalue weighted by Gasteiger charge is 2.19. The molecule has 0 aliphatic carbocycles. The molecule has 32 heavy (non-hydrogen) atoms. The average Bonchev–Trinajstić information content (AvgIpc) is 2.76. The van der Waals surface area contributed by atoms with E-state index < -0.39 is 10.8 Å². The maximum Gasteiger partial charge on any atom is 0.278 e. The molecule has 0 aliphatic rings. The van der Waals surface area contributed by atoms with Gasteiger partial charge in [-0.3, -0.25) is 19.4 Å². The molecule has 3 rings (SSSR count). The quantitative estimate of drug-likeness (QED) is 0.443. The summed E-state index contributed by atoms with van der Waals surface area (Å²) in [6.45, 7) is 5.30. The second kappa shape index (κ2) is 10.4. The Morgan fingerprint density at radius 3 is 2.56 bits per heavy atom. The van der Waals surface area contributed by atoms with Crippen molar-refractivity contribution < 1.29 is 9.59 Å². The molecule has 0 saturated carbocycles. The van der Waals surface area contributed by atoms with Crippen LogP contribution in [-0.2, 0) is 9.59 Å². The van der Waals surface area contributed by atoms with Crippen molar-refractivity contribution in [3.63, 3.8) is 0 Å². The molecule has 0 saturated heterocycles. The number of rotatable bonds is 7. The first kappa shape index (κ1) is 23.5. The predicted octanol–water partition coefficient (Wildman–Crippen LogP) is 4.26. The Hall–Kier alpha value is -3.17. The lowest BCUT2D eigenvalue weighted by Crippen LogP contribution is -2.24. The van der Waals surface area contributed by atoms with Crippen LogP contribution in [0.4, 0.5) is 11.4 Å². The lowest BCUT2D eigenvalue weighted by Gasteiger charge is -2.13. The standard InChI is InChI=1S/C22H22ClN5O3S/c1-4-18(29)24-16-10-9-12(2)11-14(16)19-21(31)26-22(28-27-19)32-13(3)20(30)25-17-8-6-5-7-15(17)23/h5-11,13H,4H2,1-3H3,(H,24,29)(H,25,30)(H,26,28,31). The van der Waals surface area contributed by atoms with E-state index in [9.17, 15) is 14.4 Å². The fraction of sp³-hybridized carbons (Fsp3) is 0.227. The molecule has 1 unspecified atom stereocenters. The number of H-pyrrole nitrogens is 1. The maximum absolute atomic E-state index is 12.7. The monoisotopic (exact) mass is 471 g/mol. The number of aromatic nitrogens is 3. The summed E-state index contributed by atoms with van der Waals surface area (Å²) in [6.07, 6.45) is 0.305. The van der Waals surface area contributed by atoms with E-state index in [0.717, 1.165) is 17.3 Å². The van der Waals surface area contributed by atoms with Gasteiger partial charge in [-0.15, -0.1) is 10.2 Å². The molecule has 3 N–H and O–H groups in total. The largest absolute Gasteiger partial charge is 0.325 e. The van der Waals surface area contributed by atoms with Gasteiger partial charge in [0.1, 0.15) is 0 Å². The Balaban J connectivity index is 1.79. The highest BCUT2D eigenvalue weighted by Crippen LogP contribution is 2.27. The predicted molar refractivity (Wildman–Crippen MR) is 127 cm³/mol. The number of aromatic amines is 1. The fourth-order valence-corrected chi connectivity index (χ4v) is 3.69. The first-order chi connectivity index (χ1) is 15.3. The number of hydrogen-bond donors (Lipinski definition) is 3. The molecule has 0 bridgehead atoms. The number of anilines is 2. The van der Waals surface area contributed by atoms with Crippen molar-refractivity contribution in [2.24, 2.45) is 0 Å². The summed E-state index contributed by atoms with van der Waals surface area (Å²) in [5.74, 6) is -0.469. The average molecular weight is 472 g/mol. The second-order valence-electron chi connectivity index (χ2n) is 6.99. The number of nitrogens with zero attached hydrogens (tertiary/aromatic N) is 2. The molecule has 10 heteroatoms. The van der Waals surface area contributed by atoms with E-state index in [4.69, 9.17) is 11.6 Å². The van der Waals surface area contributed by atoms with Crippen LogP contribution in [0.3, 0.4) is 0 Å². The summed E-state index contributed by atoms with van der Waals surface area (Å²) >= 11 is 7.14. The number of carbonyl (C=O) groups excluding carboxylic acids is 2. The minimum Gasteiger partial charge on any atom is -0.325 e. The molecule has 3 aromatic rings. The van der Waals surface area contributed by atoms with Crippen molar-refractivity contribution in [2.75, 3.05) is 10.6 Å². The van der Waals surface area contributed by atoms with Gasteiger partial charge >= 0.3 is 0 Å². The van der Waals surface area contributed by atoms with Gasteiger partial charge in [0.2, 0.25) is 11.8 Å². The number of nitrogens with one attached hydrogen (secondary N) is 3. The fourth-order valence-electron chi connectivity index (χ4n) is 2.77. The smallest absolute Gasteiger partial charge is 0.278 e. The van der Waals surface area contributed by atoms with Gasteiger partial charge in [-0.05, 0) is 38.1 Å². The number of benzene rings is 2. The first-order valence-corrected chi connectivity index (χ1v) is 11.1. The molecule has 166 valence electrons. The molecule has 2 amide bonds. The summed E-state index contributed by atoms with van der Waals surface area (Å²) in [6, 6.07) is 12.2. The van der Waals surface area contributed by atoms with Crippen LogP contribution in [0, 0.1) is 6.92 Å². The molecule has 0 fully saturated rings. The van der Waals surface area contributed by atoms with Crippen LogP contribution in [0.1, 0.15) is 25.8 Å². The number of amides is 2. The zero-order valence-electron chi connectivity index (χ0n) is 17.7. The van der Waals surface area contributed by atoms with Crippen molar-refractivity contribution in [2.45, 2.75) is 37.6 Å². The van der Waals surface area contributed by atoms with Crippen LogP contribution < -0.4 is 16.2 Å². The lowest BCUT2D eigenvalue weighted by molar-refractivity contribution is -0.116. The summed E-state index contributed by atoms with van der Waals surface area (Å²) in [7, 11) is 0. The van der Waals surface area contributed by atoms with Gasteiger partial charge in [0.25, 0.3) is 5.56 Å². The third-order valence-corrected chi connectivity index (χ3v) is 5.80. The van der Waals surface area contributed by atoms with Crippen LogP contribution in [0.5, 0.6) is 0 Å². The van der Waals surface area contributed by atoms with Gasteiger partial charge in [-0.2, -0.15) is 0 Å². The van der Waals surface area contributed by atoms with Crippen molar-refractivity contribution in [1.29, 1.82) is 0 Å². The second-order valence-corrected chi connectivity index (χ2v) is 8.72. The number of halogens is 1. The molecule has 0 aliphatic heterocycles. The molecule has 0 spiro atoms. The molecule has 1 atom stereocenters. The van der Waals surface area contributed by atoms with E-state index >= 15 is 0 Å². The third-order valence-electron chi connectivity index (χ3n) is 4.49. The molecule has 0 radical (unpaired) electrons. The van der Waals surface area contributed by atoms with Crippen molar-refractivity contribution in [3.05, 3.63) is 63.4 Å². The molecular weight excluding hydrogens is 450 g/mol. The Bertz CT molecular complexity index is 1210. The van der Waals surface area contributed by atoms with Gasteiger partial charge in [-0.1, -0.05) is 54.0 Å². The van der Waals surface area contributed by atoms with E-state index in [1.807, 2.05) is 13.0 Å². The van der Waals surface area contributed by atoms with E-state index in [1.54, 1.807) is 50.2 Å². The molecule has 1 aromatic heterocycles. The number of aryl methyl sites for hydroxylation is 1. The Labute approximate surface area is 194 Å². The molecule has 8 nitrogen and oxygen atoms in total. The Morgan fingerprint density at radius 2 is 1.88 bits per heavy atom. The highest BCUT2D eigenvalue weighted by atomic mass is 35.5. The minimum atomic E-state index is -0.569. The third kappa shape index (κ3) is 5.74. The van der Waals surface area contributed by atoms with Gasteiger partial charge in [0, 0.05) is 12.0 Å². The van der Waals surface area contributed by atoms with Crippen LogP contribution in [0.25, 0.3) is 11.3 Å². The van der Waals surface area contributed by atoms with Gasteiger partial charge < -0.3 is 10.6 Å². The Kier molecular flexibility index (Phi) is 7.66.